The van der Waals surface area contributed by atoms with E-state index in [1.807, 2.05) is 0 Å². The van der Waals surface area contributed by atoms with Crippen molar-refractivity contribution >= 4 is 34.5 Å². The van der Waals surface area contributed by atoms with Crippen LogP contribution in [0.2, 0.25) is 5.02 Å². The second kappa shape index (κ2) is 9.98. The van der Waals surface area contributed by atoms with Gasteiger partial charge in [0.25, 0.3) is 5.91 Å². The molecule has 0 spiro atoms. The summed E-state index contributed by atoms with van der Waals surface area (Å²) in [6, 6.07) is 10.9. The van der Waals surface area contributed by atoms with E-state index in [1.165, 1.54) is 36.3 Å². The number of esters is 1. The molecule has 0 aliphatic rings. The molecular weight excluding hydrogens is 497 g/mol. The number of hydrogen-bond acceptors (Lipinski definition) is 5. The van der Waals surface area contributed by atoms with Crippen LogP contribution in [0.4, 0.5) is 13.2 Å². The van der Waals surface area contributed by atoms with Gasteiger partial charge in [0.1, 0.15) is 17.7 Å². The van der Waals surface area contributed by atoms with Gasteiger partial charge in [0.2, 0.25) is 0 Å². The van der Waals surface area contributed by atoms with Crippen LogP contribution < -0.4 is 5.32 Å². The van der Waals surface area contributed by atoms with Gasteiger partial charge in [-0.2, -0.15) is 13.2 Å². The summed E-state index contributed by atoms with van der Waals surface area (Å²) in [6.07, 6.45) is -1.79. The molecule has 1 N–H and O–H groups in total. The molecule has 1 amide bonds. The first-order valence-electron chi connectivity index (χ1n) is 10.7. The number of halogens is 4. The van der Waals surface area contributed by atoms with E-state index in [2.05, 4.69) is 20.0 Å². The first-order valence-corrected chi connectivity index (χ1v) is 11.1. The van der Waals surface area contributed by atoms with E-state index in [0.717, 1.165) is 12.1 Å². The van der Waals surface area contributed by atoms with Crippen LogP contribution in [0.5, 0.6) is 0 Å². The van der Waals surface area contributed by atoms with Gasteiger partial charge in [0, 0.05) is 12.7 Å². The standard InChI is InChI=1S/C25H20ClF3N4O3/c1-14(16-6-8-17(9-7-16)24(35)36-2)32-23(34)21-20(26)19-11-30-13-31-22(19)33(21)12-15-4-3-5-18(10-15)25(27,28)29/h3-11,13-14H,12H2,1-2H3,(H,32,34). The van der Waals surface area contributed by atoms with Crippen molar-refractivity contribution in [2.24, 2.45) is 0 Å². The smallest absolute Gasteiger partial charge is 0.416 e. The van der Waals surface area contributed by atoms with Crippen LogP contribution in [0.3, 0.4) is 0 Å². The van der Waals surface area contributed by atoms with Gasteiger partial charge in [-0.15, -0.1) is 0 Å². The normalized spacial score (nSPS) is 12.4. The van der Waals surface area contributed by atoms with Crippen molar-refractivity contribution in [1.82, 2.24) is 19.9 Å². The predicted molar refractivity (Wildman–Crippen MR) is 127 cm³/mol. The molecule has 2 heterocycles. The fraction of sp³-hybridized carbons (Fsp3) is 0.200. The highest BCUT2D eigenvalue weighted by Gasteiger charge is 2.31. The molecule has 1 atom stereocenters. The Balaban J connectivity index is 1.67. The van der Waals surface area contributed by atoms with E-state index in [0.29, 0.717) is 27.7 Å². The molecule has 0 fully saturated rings. The highest BCUT2D eigenvalue weighted by molar-refractivity contribution is 6.38. The minimum absolute atomic E-state index is 0.0441. The maximum atomic E-state index is 13.4. The number of nitrogens with zero attached hydrogens (tertiary/aromatic N) is 3. The summed E-state index contributed by atoms with van der Waals surface area (Å²) in [5.74, 6) is -1.03. The van der Waals surface area contributed by atoms with Crippen molar-refractivity contribution in [2.45, 2.75) is 25.7 Å². The second-order valence-electron chi connectivity index (χ2n) is 8.02. The molecule has 4 aromatic rings. The highest BCUT2D eigenvalue weighted by Crippen LogP contribution is 2.32. The summed E-state index contributed by atoms with van der Waals surface area (Å²) < 4.78 is 45.8. The Morgan fingerprint density at radius 2 is 1.89 bits per heavy atom. The van der Waals surface area contributed by atoms with Gasteiger partial charge < -0.3 is 14.6 Å². The zero-order chi connectivity index (χ0) is 26.0. The van der Waals surface area contributed by atoms with Gasteiger partial charge >= 0.3 is 12.1 Å². The number of nitrogens with one attached hydrogen (secondary N) is 1. The molecule has 0 radical (unpaired) electrons. The van der Waals surface area contributed by atoms with Gasteiger partial charge in [-0.25, -0.2) is 14.8 Å². The second-order valence-corrected chi connectivity index (χ2v) is 8.39. The Bertz CT molecular complexity index is 1440. The summed E-state index contributed by atoms with van der Waals surface area (Å²) in [7, 11) is 1.28. The minimum atomic E-state index is -4.51. The van der Waals surface area contributed by atoms with Crippen molar-refractivity contribution in [3.05, 3.63) is 94.0 Å². The first kappa shape index (κ1) is 25.2. The summed E-state index contributed by atoms with van der Waals surface area (Å²) >= 11 is 6.54. The van der Waals surface area contributed by atoms with Gasteiger partial charge in [0.05, 0.1) is 34.7 Å². The average molecular weight is 517 g/mol. The molecule has 2 aromatic carbocycles. The van der Waals surface area contributed by atoms with Crippen LogP contribution in [0, 0.1) is 0 Å². The molecule has 2 aromatic heterocycles. The maximum Gasteiger partial charge on any atom is 0.416 e. The lowest BCUT2D eigenvalue weighted by atomic mass is 10.1. The fourth-order valence-corrected chi connectivity index (χ4v) is 4.15. The Labute approximate surface area is 208 Å². The summed E-state index contributed by atoms with van der Waals surface area (Å²) in [6.45, 7) is 1.67. The van der Waals surface area contributed by atoms with Gasteiger partial charge in [0.15, 0.2) is 0 Å². The first-order chi connectivity index (χ1) is 17.1. The number of benzene rings is 2. The maximum absolute atomic E-state index is 13.4. The molecule has 1 unspecified atom stereocenters. The third kappa shape index (κ3) is 5.03. The van der Waals surface area contributed by atoms with E-state index in [-0.39, 0.29) is 17.3 Å². The SMILES string of the molecule is COC(=O)c1ccc(C(C)NC(=O)c2c(Cl)c3cncnc3n2Cc2cccc(C(F)(F)F)c2)cc1. The third-order valence-electron chi connectivity index (χ3n) is 5.65. The number of amides is 1. The Morgan fingerprint density at radius 3 is 2.56 bits per heavy atom. The minimum Gasteiger partial charge on any atom is -0.465 e. The topological polar surface area (TPSA) is 86.1 Å². The summed E-state index contributed by atoms with van der Waals surface area (Å²) in [5.41, 5.74) is 0.954. The number of methoxy groups -OCH3 is 1. The number of rotatable bonds is 6. The van der Waals surface area contributed by atoms with Gasteiger partial charge in [-0.3, -0.25) is 4.79 Å². The van der Waals surface area contributed by atoms with Crippen molar-refractivity contribution in [3.8, 4) is 0 Å². The van der Waals surface area contributed by atoms with E-state index >= 15 is 0 Å². The van der Waals surface area contributed by atoms with Crippen LogP contribution in [-0.2, 0) is 17.5 Å². The van der Waals surface area contributed by atoms with E-state index < -0.39 is 29.7 Å². The molecule has 0 aliphatic heterocycles. The Morgan fingerprint density at radius 1 is 1.17 bits per heavy atom. The quantitative estimate of drug-likeness (QED) is 0.345. The Hall–Kier alpha value is -3.92. The number of fused-ring (bicyclic) bond motifs is 1. The number of carbonyl (C=O) groups is 2. The van der Waals surface area contributed by atoms with Crippen LogP contribution >= 0.6 is 11.6 Å². The summed E-state index contributed by atoms with van der Waals surface area (Å²) in [5, 5.41) is 3.33. The van der Waals surface area contributed by atoms with Crippen molar-refractivity contribution in [3.63, 3.8) is 0 Å². The number of ether oxygens (including phenoxy) is 1. The van der Waals surface area contributed by atoms with E-state index in [4.69, 9.17) is 11.6 Å². The molecule has 4 rings (SSSR count). The lowest BCUT2D eigenvalue weighted by molar-refractivity contribution is -0.137. The number of carbonyl (C=O) groups excluding carboxylic acids is 2. The van der Waals surface area contributed by atoms with Crippen LogP contribution in [0.1, 0.15) is 50.5 Å². The fourth-order valence-electron chi connectivity index (χ4n) is 3.82. The number of hydrogen-bond donors (Lipinski definition) is 1. The molecule has 0 saturated heterocycles. The number of alkyl halides is 3. The Kier molecular flexibility index (Phi) is 6.98. The lowest BCUT2D eigenvalue weighted by Gasteiger charge is -2.17. The molecule has 7 nitrogen and oxygen atoms in total. The molecule has 0 bridgehead atoms. The molecule has 11 heteroatoms. The van der Waals surface area contributed by atoms with Gasteiger partial charge in [-0.1, -0.05) is 35.9 Å². The largest absolute Gasteiger partial charge is 0.465 e. The summed E-state index contributed by atoms with van der Waals surface area (Å²) in [4.78, 5) is 33.2. The average Bonchev–Trinajstić information content (AvgIpc) is 3.14. The van der Waals surface area contributed by atoms with Crippen LogP contribution in [-0.4, -0.2) is 33.5 Å². The molecule has 0 saturated carbocycles. The van der Waals surface area contributed by atoms with Crippen LogP contribution in [0.25, 0.3) is 11.0 Å². The predicted octanol–water partition coefficient (Wildman–Crippen LogP) is 5.43. The van der Waals surface area contributed by atoms with Crippen molar-refractivity contribution in [1.29, 1.82) is 0 Å². The number of aromatic nitrogens is 3. The lowest BCUT2D eigenvalue weighted by Crippen LogP contribution is -2.29. The van der Waals surface area contributed by atoms with Crippen molar-refractivity contribution < 1.29 is 27.5 Å². The third-order valence-corrected chi connectivity index (χ3v) is 6.03. The van der Waals surface area contributed by atoms with Crippen molar-refractivity contribution in [2.75, 3.05) is 7.11 Å². The molecule has 186 valence electrons. The highest BCUT2D eigenvalue weighted by atomic mass is 35.5. The monoisotopic (exact) mass is 516 g/mol. The molecule has 36 heavy (non-hydrogen) atoms. The van der Waals surface area contributed by atoms with E-state index in [9.17, 15) is 22.8 Å². The molecule has 0 aliphatic carbocycles. The van der Waals surface area contributed by atoms with Gasteiger partial charge in [-0.05, 0) is 42.3 Å². The van der Waals surface area contributed by atoms with Crippen LogP contribution in [0.15, 0.2) is 61.1 Å². The zero-order valence-corrected chi connectivity index (χ0v) is 19.9. The molecular formula is C25H20ClF3N4O3. The zero-order valence-electron chi connectivity index (χ0n) is 19.1. The van der Waals surface area contributed by atoms with E-state index in [1.54, 1.807) is 31.2 Å².